The van der Waals surface area contributed by atoms with Gasteiger partial charge in [-0.2, -0.15) is 0 Å². The van der Waals surface area contributed by atoms with Crippen molar-refractivity contribution in [2.24, 2.45) is 11.7 Å². The van der Waals surface area contributed by atoms with E-state index in [4.69, 9.17) is 22.1 Å². The van der Waals surface area contributed by atoms with Gasteiger partial charge in [-0.1, -0.05) is 43.6 Å². The van der Waals surface area contributed by atoms with Crippen LogP contribution >= 0.6 is 11.6 Å². The second-order valence-corrected chi connectivity index (χ2v) is 9.77. The van der Waals surface area contributed by atoms with Crippen LogP contribution in [0.15, 0.2) is 36.5 Å². The molecule has 0 bridgehead atoms. The van der Waals surface area contributed by atoms with E-state index in [0.29, 0.717) is 37.0 Å². The number of carbonyl (C=O) groups excluding carboxylic acids is 3. The quantitative estimate of drug-likeness (QED) is 0.596. The van der Waals surface area contributed by atoms with Crippen molar-refractivity contribution in [1.82, 2.24) is 10.3 Å². The van der Waals surface area contributed by atoms with Crippen molar-refractivity contribution in [3.05, 3.63) is 52.7 Å². The molecule has 4 rings (SSSR count). The fourth-order valence-electron chi connectivity index (χ4n) is 4.60. The van der Waals surface area contributed by atoms with Gasteiger partial charge in [0.2, 0.25) is 5.91 Å². The Balaban J connectivity index is 0.00000361. The van der Waals surface area contributed by atoms with E-state index in [9.17, 15) is 14.4 Å². The van der Waals surface area contributed by atoms with E-state index in [1.165, 1.54) is 6.20 Å². The minimum Gasteiger partial charge on any atom is -0.444 e. The Kier molecular flexibility index (Phi) is 7.45. The topological polar surface area (TPSA) is 118 Å². The van der Waals surface area contributed by atoms with Crippen molar-refractivity contribution in [3.8, 4) is 0 Å². The maximum Gasteiger partial charge on any atom is 0.414 e. The lowest BCUT2D eigenvalue weighted by Crippen LogP contribution is -2.49. The van der Waals surface area contributed by atoms with Gasteiger partial charge in [0.05, 0.1) is 16.3 Å². The minimum atomic E-state index is -0.758. The second-order valence-electron chi connectivity index (χ2n) is 9.36. The number of halogens is 1. The molecule has 0 unspecified atom stereocenters. The van der Waals surface area contributed by atoms with Crippen LogP contribution in [0.2, 0.25) is 5.02 Å². The summed E-state index contributed by atoms with van der Waals surface area (Å²) in [7, 11) is 0. The van der Waals surface area contributed by atoms with Gasteiger partial charge in [-0.3, -0.25) is 14.5 Å². The number of carbonyl (C=O) groups is 3. The Morgan fingerprint density at radius 1 is 1.29 bits per heavy atom. The van der Waals surface area contributed by atoms with Gasteiger partial charge in [0.15, 0.2) is 0 Å². The summed E-state index contributed by atoms with van der Waals surface area (Å²) < 4.78 is 5.37. The van der Waals surface area contributed by atoms with E-state index in [1.54, 1.807) is 11.0 Å². The molecular formula is C25H32ClN5O4. The van der Waals surface area contributed by atoms with Crippen LogP contribution in [0.1, 0.15) is 50.5 Å². The highest BCUT2D eigenvalue weighted by molar-refractivity contribution is 6.33. The maximum absolute atomic E-state index is 12.6. The summed E-state index contributed by atoms with van der Waals surface area (Å²) in [6.07, 6.45) is 3.03. The molecule has 2 aliphatic heterocycles. The van der Waals surface area contributed by atoms with Gasteiger partial charge in [0.25, 0.3) is 5.91 Å². The molecule has 1 saturated heterocycles. The number of nitrogens with zero attached hydrogens (tertiary/aromatic N) is 3. The average molecular weight is 502 g/mol. The fraction of sp³-hybridized carbons (Fsp3) is 0.440. The molecule has 2 aromatic rings. The summed E-state index contributed by atoms with van der Waals surface area (Å²) in [5.41, 5.74) is 7.59. The zero-order valence-corrected chi connectivity index (χ0v) is 20.6. The van der Waals surface area contributed by atoms with Gasteiger partial charge in [-0.15, -0.1) is 0 Å². The molecule has 35 heavy (non-hydrogen) atoms. The molecule has 1 aromatic heterocycles. The van der Waals surface area contributed by atoms with Crippen LogP contribution in [0.3, 0.4) is 0 Å². The molecule has 3 amide bonds. The number of nitrogens with one attached hydrogen (secondary N) is 1. The number of hydrogen-bond acceptors (Lipinski definition) is 6. The predicted molar refractivity (Wildman–Crippen MR) is 136 cm³/mol. The first kappa shape index (κ1) is 24.8. The van der Waals surface area contributed by atoms with Gasteiger partial charge in [-0.25, -0.2) is 9.78 Å². The number of aromatic nitrogens is 1. The number of para-hydroxylation sites is 1. The van der Waals surface area contributed by atoms with E-state index in [1.807, 2.05) is 43.0 Å². The van der Waals surface area contributed by atoms with Crippen LogP contribution in [0.25, 0.3) is 0 Å². The molecule has 0 radical (unpaired) electrons. The highest BCUT2D eigenvalue weighted by Crippen LogP contribution is 2.33. The molecule has 0 spiro atoms. The first-order chi connectivity index (χ1) is 16.7. The Morgan fingerprint density at radius 2 is 2.00 bits per heavy atom. The van der Waals surface area contributed by atoms with E-state index in [-0.39, 0.29) is 25.0 Å². The number of benzene rings is 1. The highest BCUT2D eigenvalue weighted by Gasteiger charge is 2.34. The predicted octanol–water partition coefficient (Wildman–Crippen LogP) is 3.74. The van der Waals surface area contributed by atoms with E-state index in [0.717, 1.165) is 24.1 Å². The molecule has 1 aromatic carbocycles. The molecule has 3 N–H and O–H groups in total. The van der Waals surface area contributed by atoms with Gasteiger partial charge >= 0.3 is 6.09 Å². The Bertz CT molecular complexity index is 1120. The van der Waals surface area contributed by atoms with E-state index in [2.05, 4.69) is 10.3 Å². The average Bonchev–Trinajstić information content (AvgIpc) is 2.83. The van der Waals surface area contributed by atoms with Crippen LogP contribution < -0.4 is 20.9 Å². The Labute approximate surface area is 211 Å². The van der Waals surface area contributed by atoms with Crippen LogP contribution in [0, 0.1) is 5.92 Å². The first-order valence-electron chi connectivity index (χ1n) is 11.8. The second kappa shape index (κ2) is 10.5. The molecule has 0 saturated carbocycles. The van der Waals surface area contributed by atoms with Gasteiger partial charge < -0.3 is 20.7 Å². The monoisotopic (exact) mass is 501 g/mol. The Hall–Kier alpha value is -3.33. The first-order valence-corrected chi connectivity index (χ1v) is 12.2. The van der Waals surface area contributed by atoms with Crippen LogP contribution in [-0.4, -0.2) is 48.1 Å². The van der Waals surface area contributed by atoms with Crippen LogP contribution in [0.5, 0.6) is 0 Å². The number of anilines is 2. The SMILES string of the molecule is CC(C)C[C@H](NC(=O)c1cnc(N2CCC(N3C(=O)OCc4ccccc43)CC2)c(Cl)c1)C(N)=O.[HH]. The van der Waals surface area contributed by atoms with Crippen molar-refractivity contribution < 1.29 is 20.5 Å². The van der Waals surface area contributed by atoms with Crippen molar-refractivity contribution in [2.75, 3.05) is 22.9 Å². The third-order valence-electron chi connectivity index (χ3n) is 6.37. The number of fused-ring (bicyclic) bond motifs is 1. The summed E-state index contributed by atoms with van der Waals surface area (Å²) in [6.45, 7) is 5.48. The summed E-state index contributed by atoms with van der Waals surface area (Å²) in [6, 6.07) is 8.59. The molecule has 188 valence electrons. The summed E-state index contributed by atoms with van der Waals surface area (Å²) in [4.78, 5) is 45.1. The lowest BCUT2D eigenvalue weighted by atomic mass is 10.0. The summed E-state index contributed by atoms with van der Waals surface area (Å²) >= 11 is 6.51. The largest absolute Gasteiger partial charge is 0.444 e. The smallest absolute Gasteiger partial charge is 0.414 e. The minimum absolute atomic E-state index is 0. The molecular weight excluding hydrogens is 470 g/mol. The fourth-order valence-corrected chi connectivity index (χ4v) is 4.89. The van der Waals surface area contributed by atoms with E-state index >= 15 is 0 Å². The van der Waals surface area contributed by atoms with Crippen LogP contribution in [0.4, 0.5) is 16.3 Å². The summed E-state index contributed by atoms with van der Waals surface area (Å²) in [5, 5.41) is 3.02. The maximum atomic E-state index is 12.6. The number of amides is 3. The van der Waals surface area contributed by atoms with Crippen LogP contribution in [-0.2, 0) is 16.1 Å². The molecule has 10 heteroatoms. The Morgan fingerprint density at radius 3 is 2.66 bits per heavy atom. The third-order valence-corrected chi connectivity index (χ3v) is 6.65. The molecule has 3 heterocycles. The molecule has 2 aliphatic rings. The number of piperidine rings is 1. The van der Waals surface area contributed by atoms with Gasteiger partial charge in [-0.05, 0) is 37.3 Å². The van der Waals surface area contributed by atoms with E-state index < -0.39 is 17.9 Å². The number of pyridine rings is 1. The lowest BCUT2D eigenvalue weighted by Gasteiger charge is -2.40. The number of ether oxygens (including phenoxy) is 1. The molecule has 9 nitrogen and oxygen atoms in total. The third kappa shape index (κ3) is 5.51. The van der Waals surface area contributed by atoms with Crippen molar-refractivity contribution in [2.45, 2.75) is 51.8 Å². The molecule has 1 atom stereocenters. The van der Waals surface area contributed by atoms with Gasteiger partial charge in [0.1, 0.15) is 18.5 Å². The van der Waals surface area contributed by atoms with Crippen molar-refractivity contribution >= 4 is 41.0 Å². The zero-order valence-electron chi connectivity index (χ0n) is 19.9. The number of cyclic esters (lactones) is 1. The normalized spacial score (nSPS) is 17.1. The zero-order chi connectivity index (χ0) is 25.1. The number of primary amides is 1. The lowest BCUT2D eigenvalue weighted by molar-refractivity contribution is -0.120. The number of rotatable bonds is 7. The molecule has 0 aliphatic carbocycles. The summed E-state index contributed by atoms with van der Waals surface area (Å²) in [5.74, 6) is -0.251. The van der Waals surface area contributed by atoms with Crippen molar-refractivity contribution in [1.29, 1.82) is 0 Å². The highest BCUT2D eigenvalue weighted by atomic mass is 35.5. The standard InChI is InChI=1S/C25H30ClN5O4.H2/c1-15(2)11-20(22(27)32)29-24(33)17-12-19(26)23(28-13-17)30-9-7-18(8-10-30)31-21-6-4-3-5-16(21)14-35-25(31)34;/h3-6,12-13,15,18,20H,7-11,14H2,1-2H3,(H2,27,32)(H,29,33);1H/t20-;/m0./s1. The number of nitrogens with two attached hydrogens (primary N) is 1. The number of hydrogen-bond donors (Lipinski definition) is 2. The molecule has 1 fully saturated rings. The van der Waals surface area contributed by atoms with Crippen molar-refractivity contribution in [3.63, 3.8) is 0 Å². The van der Waals surface area contributed by atoms with Gasteiger partial charge in [0, 0.05) is 32.3 Å².